The molecule has 6 nitrogen and oxygen atoms in total. The summed E-state index contributed by atoms with van der Waals surface area (Å²) in [6.45, 7) is 11.7. The summed E-state index contributed by atoms with van der Waals surface area (Å²) in [6, 6.07) is 16.5. The molecule has 0 unspecified atom stereocenters. The number of aromatic amines is 1. The summed E-state index contributed by atoms with van der Waals surface area (Å²) in [4.78, 5) is 25.8. The Hall–Kier alpha value is -3.74. The van der Waals surface area contributed by atoms with Gasteiger partial charge in [0.1, 0.15) is 12.4 Å². The summed E-state index contributed by atoms with van der Waals surface area (Å²) in [5, 5.41) is 1.09. The summed E-state index contributed by atoms with van der Waals surface area (Å²) < 4.78 is 6.13. The van der Waals surface area contributed by atoms with Crippen molar-refractivity contribution in [2.24, 2.45) is 4.99 Å². The van der Waals surface area contributed by atoms with Gasteiger partial charge in [-0.1, -0.05) is 56.3 Å². The highest BCUT2D eigenvalue weighted by Crippen LogP contribution is 2.25. The molecule has 1 N–H and O–H groups in total. The van der Waals surface area contributed by atoms with Crippen LogP contribution in [0.15, 0.2) is 83.4 Å². The maximum absolute atomic E-state index is 12.9. The maximum atomic E-state index is 12.9. The van der Waals surface area contributed by atoms with Crippen molar-refractivity contribution in [2.45, 2.75) is 40.2 Å². The van der Waals surface area contributed by atoms with E-state index in [4.69, 9.17) is 4.74 Å². The molecule has 0 bridgehead atoms. The van der Waals surface area contributed by atoms with E-state index in [0.29, 0.717) is 12.2 Å². The Morgan fingerprint density at radius 2 is 1.85 bits per heavy atom. The molecule has 1 aliphatic rings. The van der Waals surface area contributed by atoms with Crippen molar-refractivity contribution in [3.05, 3.63) is 95.2 Å². The minimum atomic E-state index is -0.0140. The van der Waals surface area contributed by atoms with Crippen LogP contribution in [0.3, 0.4) is 0 Å². The number of carbonyl (C=O) groups is 1. The van der Waals surface area contributed by atoms with Crippen molar-refractivity contribution in [3.63, 3.8) is 0 Å². The summed E-state index contributed by atoms with van der Waals surface area (Å²) in [5.41, 5.74) is 6.51. The van der Waals surface area contributed by atoms with Crippen molar-refractivity contribution in [1.82, 2.24) is 14.8 Å². The number of ketones is 1. The second kappa shape index (κ2) is 14.8. The minimum absolute atomic E-state index is 0.0140. The SMILES string of the molecule is CC/C=C\C(=C/CC)COc1cccc(C(/C=C(\C(C)=O)c2cc3ccc(CN4CCN(C)CC4)cc3[nH]2)=NC)c1. The van der Waals surface area contributed by atoms with Crippen molar-refractivity contribution in [3.8, 4) is 5.75 Å². The summed E-state index contributed by atoms with van der Waals surface area (Å²) in [6.07, 6.45) is 10.3. The predicted octanol–water partition coefficient (Wildman–Crippen LogP) is 6.69. The highest BCUT2D eigenvalue weighted by atomic mass is 16.5. The number of nitrogens with zero attached hydrogens (tertiary/aromatic N) is 3. The molecule has 0 atom stereocenters. The van der Waals surface area contributed by atoms with Crippen LogP contribution in [0, 0.1) is 0 Å². The lowest BCUT2D eigenvalue weighted by molar-refractivity contribution is -0.111. The molecule has 6 heteroatoms. The fourth-order valence-electron chi connectivity index (χ4n) is 5.08. The second-order valence-corrected chi connectivity index (χ2v) is 10.7. The first-order chi connectivity index (χ1) is 19.9. The number of benzene rings is 2. The van der Waals surface area contributed by atoms with Gasteiger partial charge in [-0.2, -0.15) is 0 Å². The van der Waals surface area contributed by atoms with Crippen molar-refractivity contribution >= 4 is 28.0 Å². The first-order valence-corrected chi connectivity index (χ1v) is 14.7. The molecule has 1 fully saturated rings. The van der Waals surface area contributed by atoms with E-state index in [0.717, 1.165) is 84.8 Å². The first kappa shape index (κ1) is 30.2. The summed E-state index contributed by atoms with van der Waals surface area (Å²) in [7, 11) is 3.93. The summed E-state index contributed by atoms with van der Waals surface area (Å²) in [5.74, 6) is 0.756. The topological polar surface area (TPSA) is 60.9 Å². The molecule has 2 aromatic carbocycles. The van der Waals surface area contributed by atoms with Crippen molar-refractivity contribution in [2.75, 3.05) is 46.9 Å². The smallest absolute Gasteiger partial charge is 0.161 e. The molecule has 1 aromatic heterocycles. The number of hydrogen-bond donors (Lipinski definition) is 1. The van der Waals surface area contributed by atoms with Crippen LogP contribution in [0.4, 0.5) is 0 Å². The Bertz CT molecular complexity index is 1450. The Morgan fingerprint density at radius 3 is 2.56 bits per heavy atom. The molecule has 216 valence electrons. The van der Waals surface area contributed by atoms with Crippen LogP contribution in [0.1, 0.15) is 50.4 Å². The monoisotopic (exact) mass is 552 g/mol. The van der Waals surface area contributed by atoms with E-state index >= 15 is 0 Å². The third-order valence-electron chi connectivity index (χ3n) is 7.45. The highest BCUT2D eigenvalue weighted by Gasteiger charge is 2.16. The van der Waals surface area contributed by atoms with Gasteiger partial charge in [0.2, 0.25) is 0 Å². The van der Waals surface area contributed by atoms with Gasteiger partial charge in [-0.05, 0) is 68.3 Å². The Labute approximate surface area is 245 Å². The van der Waals surface area contributed by atoms with Gasteiger partial charge in [-0.3, -0.25) is 14.7 Å². The van der Waals surface area contributed by atoms with Gasteiger partial charge in [-0.25, -0.2) is 0 Å². The van der Waals surface area contributed by atoms with E-state index in [-0.39, 0.29) is 5.78 Å². The minimum Gasteiger partial charge on any atom is -0.489 e. The molecule has 2 heterocycles. The van der Waals surface area contributed by atoms with E-state index in [1.807, 2.05) is 30.3 Å². The molecule has 0 aliphatic carbocycles. The van der Waals surface area contributed by atoms with E-state index < -0.39 is 0 Å². The van der Waals surface area contributed by atoms with Crippen LogP contribution in [0.2, 0.25) is 0 Å². The molecule has 0 amide bonds. The van der Waals surface area contributed by atoms with Gasteiger partial charge in [0.25, 0.3) is 0 Å². The molecule has 1 aliphatic heterocycles. The number of aliphatic imine (C=N–C) groups is 1. The number of likely N-dealkylation sites (N-methyl/N-ethyl adjacent to an activating group) is 1. The van der Waals surface area contributed by atoms with Gasteiger partial charge < -0.3 is 14.6 Å². The molecule has 0 spiro atoms. The maximum Gasteiger partial charge on any atom is 0.161 e. The molecule has 0 saturated carbocycles. The van der Waals surface area contributed by atoms with E-state index in [2.05, 4.69) is 83.2 Å². The average Bonchev–Trinajstić information content (AvgIpc) is 3.39. The van der Waals surface area contributed by atoms with Crippen LogP contribution in [-0.4, -0.2) is 73.2 Å². The molecule has 41 heavy (non-hydrogen) atoms. The Balaban J connectivity index is 1.54. The first-order valence-electron chi connectivity index (χ1n) is 14.7. The fourth-order valence-corrected chi connectivity index (χ4v) is 5.08. The third kappa shape index (κ3) is 8.38. The van der Waals surface area contributed by atoms with Gasteiger partial charge >= 0.3 is 0 Å². The standard InChI is InChI=1S/C35H44N4O2/c1-6-8-11-27(10-7-2)25-41-31-13-9-12-29(21-31)33(36-4)23-32(26(3)40)35-22-30-15-14-28(20-34(30)37-35)24-39-18-16-38(5)17-19-39/h8-15,20-23,37H,6-7,16-19,24-25H2,1-5H3/b11-8-,27-10+,32-23+,36-33?. The lowest BCUT2D eigenvalue weighted by Crippen LogP contribution is -2.43. The number of carbonyl (C=O) groups excluding carboxylic acids is 1. The Morgan fingerprint density at radius 1 is 1.05 bits per heavy atom. The van der Waals surface area contributed by atoms with Crippen LogP contribution >= 0.6 is 0 Å². The zero-order valence-electron chi connectivity index (χ0n) is 25.2. The number of H-pyrrole nitrogens is 1. The van der Waals surface area contributed by atoms with Crippen molar-refractivity contribution < 1.29 is 9.53 Å². The van der Waals surface area contributed by atoms with Crippen LogP contribution < -0.4 is 4.74 Å². The number of nitrogens with one attached hydrogen (secondary N) is 1. The number of piperazine rings is 1. The lowest BCUT2D eigenvalue weighted by Gasteiger charge is -2.32. The van der Waals surface area contributed by atoms with Gasteiger partial charge in [0, 0.05) is 61.8 Å². The number of hydrogen-bond acceptors (Lipinski definition) is 5. The fraction of sp³-hybridized carbons (Fsp3) is 0.371. The van der Waals surface area contributed by atoms with Crippen LogP contribution in [0.25, 0.3) is 16.5 Å². The molecular formula is C35H44N4O2. The summed E-state index contributed by atoms with van der Waals surface area (Å²) >= 11 is 0. The number of Topliss-reactive ketones (excluding diaryl/α,β-unsaturated/α-hetero) is 1. The molecule has 1 saturated heterocycles. The van der Waals surface area contributed by atoms with Crippen molar-refractivity contribution in [1.29, 1.82) is 0 Å². The van der Waals surface area contributed by atoms with Gasteiger partial charge in [0.15, 0.2) is 5.78 Å². The number of allylic oxidation sites excluding steroid dienone is 4. The van der Waals surface area contributed by atoms with Crippen LogP contribution in [0.5, 0.6) is 5.75 Å². The highest BCUT2D eigenvalue weighted by molar-refractivity contribution is 6.27. The molecule has 3 aromatic rings. The molecule has 0 radical (unpaired) electrons. The Kier molecular flexibility index (Phi) is 10.9. The third-order valence-corrected chi connectivity index (χ3v) is 7.45. The zero-order valence-corrected chi connectivity index (χ0v) is 25.2. The largest absolute Gasteiger partial charge is 0.489 e. The van der Waals surface area contributed by atoms with E-state index in [1.165, 1.54) is 5.56 Å². The van der Waals surface area contributed by atoms with E-state index in [1.54, 1.807) is 14.0 Å². The number of fused-ring (bicyclic) bond motifs is 1. The number of rotatable bonds is 12. The molecule has 4 rings (SSSR count). The van der Waals surface area contributed by atoms with E-state index in [9.17, 15) is 4.79 Å². The number of aromatic nitrogens is 1. The normalized spacial score (nSPS) is 16.2. The predicted molar refractivity (Wildman–Crippen MR) is 172 cm³/mol. The van der Waals surface area contributed by atoms with Gasteiger partial charge in [0.05, 0.1) is 11.4 Å². The van der Waals surface area contributed by atoms with Crippen LogP contribution in [-0.2, 0) is 11.3 Å². The quantitative estimate of drug-likeness (QED) is 0.155. The second-order valence-electron chi connectivity index (χ2n) is 10.7. The average molecular weight is 553 g/mol. The lowest BCUT2D eigenvalue weighted by atomic mass is 10.0. The number of ether oxygens (including phenoxy) is 1. The zero-order chi connectivity index (χ0) is 29.2. The molecular weight excluding hydrogens is 508 g/mol. The van der Waals surface area contributed by atoms with Gasteiger partial charge in [-0.15, -0.1) is 0 Å².